The number of hydrogen-bond donors (Lipinski definition) is 0. The van der Waals surface area contributed by atoms with E-state index >= 15 is 0 Å². The molecule has 0 spiro atoms. The van der Waals surface area contributed by atoms with Crippen molar-refractivity contribution in [2.24, 2.45) is 0 Å². The Morgan fingerprint density at radius 3 is 1.31 bits per heavy atom. The highest BCUT2D eigenvalue weighted by Crippen LogP contribution is 2.15. The topological polar surface area (TPSA) is 31.5 Å². The van der Waals surface area contributed by atoms with Crippen molar-refractivity contribution < 1.29 is 5.48 Å². The van der Waals surface area contributed by atoms with Gasteiger partial charge in [-0.15, -0.1) is 22.7 Å². The second-order valence-electron chi connectivity index (χ2n) is 1.83. The summed E-state index contributed by atoms with van der Waals surface area (Å²) in [6, 6.07) is 8.05. The van der Waals surface area contributed by atoms with Crippen LogP contribution in [0.5, 0.6) is 0 Å². The summed E-state index contributed by atoms with van der Waals surface area (Å²) in [6.45, 7) is 0. The van der Waals surface area contributed by atoms with E-state index in [2.05, 4.69) is 31.9 Å². The lowest BCUT2D eigenvalue weighted by atomic mass is 10.7. The minimum atomic E-state index is 0. The molecule has 0 saturated carbocycles. The molecule has 0 bridgehead atoms. The van der Waals surface area contributed by atoms with Gasteiger partial charge in [-0.2, -0.15) is 0 Å². The highest BCUT2D eigenvalue weighted by molar-refractivity contribution is 9.11. The SMILES string of the molecule is Brc1cccs1.Brc1cccs1.O. The maximum Gasteiger partial charge on any atom is 0.0698 e. The Kier molecular flexibility index (Phi) is 7.89. The zero-order chi connectivity index (χ0) is 8.81. The van der Waals surface area contributed by atoms with Crippen LogP contribution in [0, 0.1) is 0 Å². The molecule has 2 rings (SSSR count). The van der Waals surface area contributed by atoms with E-state index in [0.717, 1.165) is 0 Å². The Labute approximate surface area is 102 Å². The molecule has 72 valence electrons. The van der Waals surface area contributed by atoms with Crippen molar-refractivity contribution in [1.29, 1.82) is 0 Å². The van der Waals surface area contributed by atoms with Gasteiger partial charge in [0.15, 0.2) is 0 Å². The van der Waals surface area contributed by atoms with Crippen LogP contribution in [0.15, 0.2) is 42.6 Å². The van der Waals surface area contributed by atoms with Gasteiger partial charge in [0.1, 0.15) is 0 Å². The average Bonchev–Trinajstić information content (AvgIpc) is 2.63. The molecule has 0 amide bonds. The number of thiophene rings is 2. The molecular weight excluding hydrogens is 336 g/mol. The highest BCUT2D eigenvalue weighted by Gasteiger charge is 1.77. The Balaban J connectivity index is 0.000000206. The van der Waals surface area contributed by atoms with E-state index in [1.165, 1.54) is 7.57 Å². The van der Waals surface area contributed by atoms with Crippen molar-refractivity contribution in [3.8, 4) is 0 Å². The molecule has 0 aliphatic rings. The summed E-state index contributed by atoms with van der Waals surface area (Å²) in [5, 5.41) is 4.06. The third-order valence-corrected chi connectivity index (χ3v) is 3.93. The van der Waals surface area contributed by atoms with E-state index in [1.54, 1.807) is 22.7 Å². The number of rotatable bonds is 0. The number of halogens is 2. The van der Waals surface area contributed by atoms with Crippen LogP contribution in [-0.2, 0) is 0 Å². The van der Waals surface area contributed by atoms with Crippen LogP contribution in [-0.4, -0.2) is 5.48 Å². The molecule has 1 nitrogen and oxygen atoms in total. The predicted octanol–water partition coefficient (Wildman–Crippen LogP) is 4.20. The van der Waals surface area contributed by atoms with Crippen molar-refractivity contribution in [3.63, 3.8) is 0 Å². The monoisotopic (exact) mass is 342 g/mol. The van der Waals surface area contributed by atoms with Gasteiger partial charge in [0.2, 0.25) is 0 Å². The maximum atomic E-state index is 3.30. The minimum Gasteiger partial charge on any atom is -0.412 e. The zero-order valence-corrected chi connectivity index (χ0v) is 11.3. The first-order valence-electron chi connectivity index (χ1n) is 3.17. The summed E-state index contributed by atoms with van der Waals surface area (Å²) in [5.41, 5.74) is 0. The zero-order valence-electron chi connectivity index (χ0n) is 6.54. The van der Waals surface area contributed by atoms with Crippen LogP contribution >= 0.6 is 54.5 Å². The molecule has 0 fully saturated rings. The van der Waals surface area contributed by atoms with Crippen molar-refractivity contribution in [2.45, 2.75) is 0 Å². The largest absolute Gasteiger partial charge is 0.412 e. The molecule has 0 aromatic carbocycles. The van der Waals surface area contributed by atoms with E-state index in [9.17, 15) is 0 Å². The van der Waals surface area contributed by atoms with Gasteiger partial charge in [-0.3, -0.25) is 0 Å². The van der Waals surface area contributed by atoms with Crippen LogP contribution in [0.3, 0.4) is 0 Å². The van der Waals surface area contributed by atoms with Gasteiger partial charge >= 0.3 is 0 Å². The fraction of sp³-hybridized carbons (Fsp3) is 0. The van der Waals surface area contributed by atoms with Crippen molar-refractivity contribution in [1.82, 2.24) is 0 Å². The first kappa shape index (κ1) is 13.3. The molecule has 0 aliphatic heterocycles. The van der Waals surface area contributed by atoms with E-state index in [1.807, 2.05) is 35.0 Å². The summed E-state index contributed by atoms with van der Waals surface area (Å²) in [7, 11) is 0. The van der Waals surface area contributed by atoms with Gasteiger partial charge < -0.3 is 5.48 Å². The molecule has 5 heteroatoms. The smallest absolute Gasteiger partial charge is 0.0698 e. The first-order valence-corrected chi connectivity index (χ1v) is 6.51. The standard InChI is InChI=1S/2C4H3BrS.H2O/c2*5-4-2-1-3-6-4;/h2*1-3H;1H2. The molecule has 2 heterocycles. The lowest BCUT2D eigenvalue weighted by Gasteiger charge is -1.62. The van der Waals surface area contributed by atoms with Gasteiger partial charge in [-0.1, -0.05) is 12.1 Å². The van der Waals surface area contributed by atoms with Gasteiger partial charge in [0.25, 0.3) is 0 Å². The molecule has 0 atom stereocenters. The van der Waals surface area contributed by atoms with E-state index < -0.39 is 0 Å². The van der Waals surface area contributed by atoms with Crippen LogP contribution in [0.4, 0.5) is 0 Å². The predicted molar refractivity (Wildman–Crippen MR) is 67.7 cm³/mol. The summed E-state index contributed by atoms with van der Waals surface area (Å²) < 4.78 is 2.39. The van der Waals surface area contributed by atoms with E-state index in [0.29, 0.717) is 0 Å². The van der Waals surface area contributed by atoms with Crippen molar-refractivity contribution in [3.05, 3.63) is 42.6 Å². The second kappa shape index (κ2) is 7.70. The van der Waals surface area contributed by atoms with Crippen LogP contribution < -0.4 is 0 Å². The van der Waals surface area contributed by atoms with Gasteiger partial charge in [-0.25, -0.2) is 0 Å². The second-order valence-corrected chi connectivity index (χ2v) is 6.49. The summed E-state index contributed by atoms with van der Waals surface area (Å²) >= 11 is 9.99. The molecule has 0 aliphatic carbocycles. The fourth-order valence-electron chi connectivity index (χ4n) is 0.517. The van der Waals surface area contributed by atoms with Gasteiger partial charge in [0, 0.05) is 0 Å². The summed E-state index contributed by atoms with van der Waals surface area (Å²) in [5.74, 6) is 0. The third-order valence-electron chi connectivity index (χ3n) is 0.973. The Hall–Kier alpha value is 0.320. The molecule has 0 radical (unpaired) electrons. The number of hydrogen-bond acceptors (Lipinski definition) is 2. The van der Waals surface area contributed by atoms with Gasteiger partial charge in [0.05, 0.1) is 7.57 Å². The molecule has 0 saturated heterocycles. The van der Waals surface area contributed by atoms with Crippen LogP contribution in [0.2, 0.25) is 0 Å². The third kappa shape index (κ3) is 6.40. The quantitative estimate of drug-likeness (QED) is 0.686. The molecule has 13 heavy (non-hydrogen) atoms. The van der Waals surface area contributed by atoms with Crippen LogP contribution in [0.25, 0.3) is 0 Å². The molecular formula is C8H8Br2OS2. The van der Waals surface area contributed by atoms with Crippen molar-refractivity contribution in [2.75, 3.05) is 0 Å². The van der Waals surface area contributed by atoms with E-state index in [-0.39, 0.29) is 5.48 Å². The molecule has 2 N–H and O–H groups in total. The lowest BCUT2D eigenvalue weighted by Crippen LogP contribution is -1.29. The van der Waals surface area contributed by atoms with E-state index in [4.69, 9.17) is 0 Å². The lowest BCUT2D eigenvalue weighted by molar-refractivity contribution is 0.824. The Morgan fingerprint density at radius 2 is 1.23 bits per heavy atom. The molecule has 0 unspecified atom stereocenters. The Bertz CT molecular complexity index is 260. The summed E-state index contributed by atoms with van der Waals surface area (Å²) in [4.78, 5) is 0. The minimum absolute atomic E-state index is 0. The average molecular weight is 344 g/mol. The highest BCUT2D eigenvalue weighted by atomic mass is 79.9. The molecule has 2 aromatic rings. The Morgan fingerprint density at radius 1 is 0.846 bits per heavy atom. The fourth-order valence-corrected chi connectivity index (χ4v) is 2.36. The van der Waals surface area contributed by atoms with Gasteiger partial charge in [-0.05, 0) is 54.8 Å². The molecule has 2 aromatic heterocycles. The first-order chi connectivity index (χ1) is 5.79. The van der Waals surface area contributed by atoms with Crippen LogP contribution in [0.1, 0.15) is 0 Å². The summed E-state index contributed by atoms with van der Waals surface area (Å²) in [6.07, 6.45) is 0. The van der Waals surface area contributed by atoms with Crippen molar-refractivity contribution >= 4 is 54.5 Å². The normalized spacial score (nSPS) is 8.15. The maximum absolute atomic E-state index is 3.30.